The van der Waals surface area contributed by atoms with Crippen molar-refractivity contribution in [1.82, 2.24) is 5.32 Å². The SMILES string of the molecule is CN[C@H](C)[C@H](O)c1ccc(C)cc1. The molecule has 0 heterocycles. The van der Waals surface area contributed by atoms with E-state index >= 15 is 0 Å². The molecule has 2 nitrogen and oxygen atoms in total. The third-order valence-electron chi connectivity index (χ3n) is 2.35. The molecule has 0 aliphatic heterocycles. The van der Waals surface area contributed by atoms with E-state index in [-0.39, 0.29) is 6.04 Å². The van der Waals surface area contributed by atoms with Crippen LogP contribution in [0.1, 0.15) is 24.2 Å². The van der Waals surface area contributed by atoms with Crippen molar-refractivity contribution < 1.29 is 5.11 Å². The van der Waals surface area contributed by atoms with Crippen LogP contribution < -0.4 is 5.32 Å². The standard InChI is InChI=1S/C11H17NO/c1-8-4-6-10(7-5-8)11(13)9(2)12-3/h4-7,9,11-13H,1-3H3/t9-,11+/m1/s1. The molecule has 2 atom stereocenters. The van der Waals surface area contributed by atoms with Crippen molar-refractivity contribution in [2.24, 2.45) is 0 Å². The Balaban J connectivity index is 2.77. The van der Waals surface area contributed by atoms with Crippen LogP contribution in [0, 0.1) is 6.92 Å². The number of rotatable bonds is 3. The van der Waals surface area contributed by atoms with Gasteiger partial charge in [-0.1, -0.05) is 29.8 Å². The lowest BCUT2D eigenvalue weighted by Crippen LogP contribution is -2.28. The Hall–Kier alpha value is -0.860. The molecule has 1 aromatic rings. The molecule has 72 valence electrons. The number of nitrogens with one attached hydrogen (secondary N) is 1. The summed E-state index contributed by atoms with van der Waals surface area (Å²) in [6, 6.07) is 8.05. The zero-order valence-electron chi connectivity index (χ0n) is 8.41. The van der Waals surface area contributed by atoms with Crippen LogP contribution in [0.4, 0.5) is 0 Å². The summed E-state index contributed by atoms with van der Waals surface area (Å²) in [6.45, 7) is 4.00. The first-order valence-corrected chi connectivity index (χ1v) is 4.57. The van der Waals surface area contributed by atoms with Gasteiger partial charge in [0.2, 0.25) is 0 Å². The van der Waals surface area contributed by atoms with Gasteiger partial charge in [-0.15, -0.1) is 0 Å². The second kappa shape index (κ2) is 4.40. The topological polar surface area (TPSA) is 32.3 Å². The number of aliphatic hydroxyl groups excluding tert-OH is 1. The Morgan fingerprint density at radius 3 is 2.23 bits per heavy atom. The smallest absolute Gasteiger partial charge is 0.0940 e. The first kappa shape index (κ1) is 10.2. The van der Waals surface area contributed by atoms with Gasteiger partial charge in [0.05, 0.1) is 6.10 Å². The van der Waals surface area contributed by atoms with Gasteiger partial charge >= 0.3 is 0 Å². The van der Waals surface area contributed by atoms with Crippen LogP contribution in [0.5, 0.6) is 0 Å². The molecule has 0 aliphatic rings. The Bertz CT molecular complexity index is 255. The van der Waals surface area contributed by atoms with Crippen LogP contribution in [0.25, 0.3) is 0 Å². The quantitative estimate of drug-likeness (QED) is 0.739. The van der Waals surface area contributed by atoms with Gasteiger partial charge in [-0.25, -0.2) is 0 Å². The van der Waals surface area contributed by atoms with E-state index in [2.05, 4.69) is 5.32 Å². The lowest BCUT2D eigenvalue weighted by molar-refractivity contribution is 0.140. The zero-order chi connectivity index (χ0) is 9.84. The molecule has 0 aromatic heterocycles. The summed E-state index contributed by atoms with van der Waals surface area (Å²) in [6.07, 6.45) is -0.425. The summed E-state index contributed by atoms with van der Waals surface area (Å²) < 4.78 is 0. The summed E-state index contributed by atoms with van der Waals surface area (Å²) in [5.41, 5.74) is 2.18. The van der Waals surface area contributed by atoms with Crippen molar-refractivity contribution in [1.29, 1.82) is 0 Å². The maximum Gasteiger partial charge on any atom is 0.0940 e. The first-order chi connectivity index (χ1) is 6.15. The molecular formula is C11H17NO. The normalized spacial score (nSPS) is 15.4. The summed E-state index contributed by atoms with van der Waals surface area (Å²) >= 11 is 0. The van der Waals surface area contributed by atoms with Crippen molar-refractivity contribution in [3.8, 4) is 0 Å². The Morgan fingerprint density at radius 2 is 1.77 bits per heavy atom. The van der Waals surface area contributed by atoms with Crippen LogP contribution in [-0.2, 0) is 0 Å². The summed E-state index contributed by atoms with van der Waals surface area (Å²) in [4.78, 5) is 0. The number of likely N-dealkylation sites (N-methyl/N-ethyl adjacent to an activating group) is 1. The van der Waals surface area contributed by atoms with Gasteiger partial charge in [0, 0.05) is 6.04 Å². The average Bonchev–Trinajstić information content (AvgIpc) is 2.17. The molecule has 2 heteroatoms. The minimum atomic E-state index is -0.425. The van der Waals surface area contributed by atoms with E-state index in [1.54, 1.807) is 0 Å². The van der Waals surface area contributed by atoms with Gasteiger partial charge in [-0.05, 0) is 26.5 Å². The molecule has 1 aromatic carbocycles. The van der Waals surface area contributed by atoms with Crippen LogP contribution >= 0.6 is 0 Å². The fourth-order valence-electron chi connectivity index (χ4n) is 1.21. The molecule has 2 N–H and O–H groups in total. The number of aliphatic hydroxyl groups is 1. The summed E-state index contributed by atoms with van der Waals surface area (Å²) in [5, 5.41) is 12.8. The highest BCUT2D eigenvalue weighted by Crippen LogP contribution is 2.16. The lowest BCUT2D eigenvalue weighted by atomic mass is 10.0. The summed E-state index contributed by atoms with van der Waals surface area (Å²) in [5.74, 6) is 0. The van der Waals surface area contributed by atoms with Gasteiger partial charge in [0.25, 0.3) is 0 Å². The molecule has 0 radical (unpaired) electrons. The summed E-state index contributed by atoms with van der Waals surface area (Å²) in [7, 11) is 1.85. The highest BCUT2D eigenvalue weighted by atomic mass is 16.3. The number of hydrogen-bond donors (Lipinski definition) is 2. The minimum Gasteiger partial charge on any atom is -0.387 e. The van der Waals surface area contributed by atoms with Crippen molar-refractivity contribution in [2.75, 3.05) is 7.05 Å². The van der Waals surface area contributed by atoms with Gasteiger partial charge < -0.3 is 10.4 Å². The molecule has 0 saturated carbocycles. The van der Waals surface area contributed by atoms with Gasteiger partial charge in [-0.2, -0.15) is 0 Å². The van der Waals surface area contributed by atoms with E-state index in [1.807, 2.05) is 45.2 Å². The van der Waals surface area contributed by atoms with E-state index in [9.17, 15) is 5.11 Å². The van der Waals surface area contributed by atoms with Crippen LogP contribution in [-0.4, -0.2) is 18.2 Å². The molecule has 13 heavy (non-hydrogen) atoms. The highest BCUT2D eigenvalue weighted by molar-refractivity contribution is 5.23. The van der Waals surface area contributed by atoms with Gasteiger partial charge in [-0.3, -0.25) is 0 Å². The largest absolute Gasteiger partial charge is 0.387 e. The Morgan fingerprint density at radius 1 is 1.23 bits per heavy atom. The molecule has 0 saturated heterocycles. The predicted molar refractivity (Wildman–Crippen MR) is 54.7 cm³/mol. The van der Waals surface area contributed by atoms with Crippen molar-refractivity contribution in [2.45, 2.75) is 26.0 Å². The maximum atomic E-state index is 9.82. The zero-order valence-corrected chi connectivity index (χ0v) is 8.41. The third-order valence-corrected chi connectivity index (χ3v) is 2.35. The second-order valence-corrected chi connectivity index (χ2v) is 3.43. The molecule has 0 spiro atoms. The number of aryl methyl sites for hydroxylation is 1. The predicted octanol–water partition coefficient (Wildman–Crippen LogP) is 1.64. The first-order valence-electron chi connectivity index (χ1n) is 4.57. The monoisotopic (exact) mass is 179 g/mol. The fraction of sp³-hybridized carbons (Fsp3) is 0.455. The third kappa shape index (κ3) is 2.54. The lowest BCUT2D eigenvalue weighted by Gasteiger charge is -2.18. The second-order valence-electron chi connectivity index (χ2n) is 3.43. The number of hydrogen-bond acceptors (Lipinski definition) is 2. The van der Waals surface area contributed by atoms with Crippen molar-refractivity contribution >= 4 is 0 Å². The molecule has 0 bridgehead atoms. The molecule has 0 aliphatic carbocycles. The van der Waals surface area contributed by atoms with E-state index in [1.165, 1.54) is 5.56 Å². The van der Waals surface area contributed by atoms with Crippen LogP contribution in [0.3, 0.4) is 0 Å². The van der Waals surface area contributed by atoms with E-state index in [0.717, 1.165) is 5.56 Å². The van der Waals surface area contributed by atoms with Crippen LogP contribution in [0.15, 0.2) is 24.3 Å². The molecule has 0 fully saturated rings. The van der Waals surface area contributed by atoms with Gasteiger partial charge in [0.1, 0.15) is 0 Å². The van der Waals surface area contributed by atoms with Crippen LogP contribution in [0.2, 0.25) is 0 Å². The minimum absolute atomic E-state index is 0.0858. The molecular weight excluding hydrogens is 162 g/mol. The Kier molecular flexibility index (Phi) is 3.46. The highest BCUT2D eigenvalue weighted by Gasteiger charge is 2.13. The number of benzene rings is 1. The molecule has 0 amide bonds. The van der Waals surface area contributed by atoms with E-state index in [0.29, 0.717) is 0 Å². The van der Waals surface area contributed by atoms with Crippen molar-refractivity contribution in [3.05, 3.63) is 35.4 Å². The van der Waals surface area contributed by atoms with E-state index < -0.39 is 6.10 Å². The van der Waals surface area contributed by atoms with Gasteiger partial charge in [0.15, 0.2) is 0 Å². The molecule has 1 rings (SSSR count). The Labute approximate surface area is 79.6 Å². The fourth-order valence-corrected chi connectivity index (χ4v) is 1.21. The van der Waals surface area contributed by atoms with E-state index in [4.69, 9.17) is 0 Å². The van der Waals surface area contributed by atoms with Crippen molar-refractivity contribution in [3.63, 3.8) is 0 Å². The maximum absolute atomic E-state index is 9.82. The molecule has 0 unspecified atom stereocenters. The average molecular weight is 179 g/mol.